The summed E-state index contributed by atoms with van der Waals surface area (Å²) < 4.78 is 10.4. The van der Waals surface area contributed by atoms with Crippen LogP contribution in [-0.2, 0) is 9.47 Å². The summed E-state index contributed by atoms with van der Waals surface area (Å²) in [4.78, 5) is 11.0. The van der Waals surface area contributed by atoms with Crippen LogP contribution in [0.4, 0.5) is 5.82 Å². The molecule has 0 aliphatic heterocycles. The third-order valence-electron chi connectivity index (χ3n) is 2.99. The second kappa shape index (κ2) is 8.39. The fourth-order valence-electron chi connectivity index (χ4n) is 1.91. The molecule has 1 rings (SSSR count). The number of hydrogen-bond donors (Lipinski definition) is 0. The van der Waals surface area contributed by atoms with Crippen LogP contribution >= 0.6 is 11.6 Å². The quantitative estimate of drug-likeness (QED) is 0.691. The second-order valence-electron chi connectivity index (χ2n) is 5.05. The molecule has 0 saturated heterocycles. The third-order valence-corrected chi connectivity index (χ3v) is 3.18. The van der Waals surface area contributed by atoms with Gasteiger partial charge in [-0.1, -0.05) is 25.4 Å². The summed E-state index contributed by atoms with van der Waals surface area (Å²) in [7, 11) is 3.38. The molecule has 1 atom stereocenters. The number of hydrogen-bond acceptors (Lipinski definition) is 5. The maximum atomic E-state index is 6.11. The van der Waals surface area contributed by atoms with E-state index in [4.69, 9.17) is 21.1 Å². The van der Waals surface area contributed by atoms with Crippen molar-refractivity contribution in [3.05, 3.63) is 17.0 Å². The molecule has 1 heterocycles. The van der Waals surface area contributed by atoms with Gasteiger partial charge in [-0.3, -0.25) is 0 Å². The fraction of sp³-hybridized carbons (Fsp3) is 0.714. The zero-order chi connectivity index (χ0) is 15.1. The third kappa shape index (κ3) is 4.89. The maximum absolute atomic E-state index is 6.11. The number of rotatable bonds is 8. The molecule has 0 spiro atoms. The van der Waals surface area contributed by atoms with E-state index in [0.717, 1.165) is 18.2 Å². The van der Waals surface area contributed by atoms with E-state index in [-0.39, 0.29) is 12.0 Å². The zero-order valence-electron chi connectivity index (χ0n) is 12.9. The van der Waals surface area contributed by atoms with E-state index in [1.54, 1.807) is 20.3 Å². The van der Waals surface area contributed by atoms with E-state index in [2.05, 4.69) is 21.8 Å². The van der Waals surface area contributed by atoms with Crippen LogP contribution in [0, 0.1) is 0 Å². The molecule has 5 nitrogen and oxygen atoms in total. The van der Waals surface area contributed by atoms with E-state index in [9.17, 15) is 0 Å². The van der Waals surface area contributed by atoms with Gasteiger partial charge < -0.3 is 14.4 Å². The first-order valence-electron chi connectivity index (χ1n) is 6.78. The van der Waals surface area contributed by atoms with Crippen LogP contribution in [0.1, 0.15) is 32.5 Å². The number of ether oxygens (including phenoxy) is 2. The number of aromatic nitrogens is 2. The van der Waals surface area contributed by atoms with Crippen molar-refractivity contribution >= 4 is 17.4 Å². The summed E-state index contributed by atoms with van der Waals surface area (Å²) in [5, 5.41) is 0.464. The molecule has 0 aromatic carbocycles. The molecule has 0 aliphatic carbocycles. The first kappa shape index (κ1) is 17.1. The SMILES string of the molecule is COCCN(c1cc(Cl)nc(C(C)C)n1)C(C)COC. The smallest absolute Gasteiger partial charge is 0.135 e. The summed E-state index contributed by atoms with van der Waals surface area (Å²) in [6, 6.07) is 1.97. The standard InChI is InChI=1S/C14H24ClN3O2/c1-10(2)14-16-12(15)8-13(17-14)18(6-7-19-4)11(3)9-20-5/h8,10-11H,6-7,9H2,1-5H3. The molecular weight excluding hydrogens is 278 g/mol. The van der Waals surface area contributed by atoms with Crippen LogP contribution in [0.15, 0.2) is 6.07 Å². The van der Waals surface area contributed by atoms with Crippen LogP contribution in [0.25, 0.3) is 0 Å². The summed E-state index contributed by atoms with van der Waals surface area (Å²) in [5.74, 6) is 1.80. The van der Waals surface area contributed by atoms with Crippen molar-refractivity contribution in [2.75, 3.05) is 38.9 Å². The molecule has 0 amide bonds. The van der Waals surface area contributed by atoms with E-state index >= 15 is 0 Å². The minimum atomic E-state index is 0.182. The molecule has 0 aliphatic rings. The Morgan fingerprint density at radius 3 is 2.45 bits per heavy atom. The molecule has 1 aromatic rings. The first-order chi connectivity index (χ1) is 9.49. The van der Waals surface area contributed by atoms with Gasteiger partial charge in [0.2, 0.25) is 0 Å². The molecule has 0 N–H and O–H groups in total. The molecular formula is C14H24ClN3O2. The van der Waals surface area contributed by atoms with E-state index < -0.39 is 0 Å². The number of halogens is 1. The predicted octanol–water partition coefficient (Wildman–Crippen LogP) is 2.74. The van der Waals surface area contributed by atoms with E-state index in [1.807, 2.05) is 13.8 Å². The minimum absolute atomic E-state index is 0.182. The van der Waals surface area contributed by atoms with Gasteiger partial charge in [-0.05, 0) is 6.92 Å². The molecule has 0 fully saturated rings. The molecule has 20 heavy (non-hydrogen) atoms. The van der Waals surface area contributed by atoms with Crippen molar-refractivity contribution in [1.82, 2.24) is 9.97 Å². The predicted molar refractivity (Wildman–Crippen MR) is 81.7 cm³/mol. The highest BCUT2D eigenvalue weighted by Crippen LogP contribution is 2.21. The van der Waals surface area contributed by atoms with Gasteiger partial charge in [0.1, 0.15) is 16.8 Å². The van der Waals surface area contributed by atoms with Gasteiger partial charge in [-0.15, -0.1) is 0 Å². The Labute approximate surface area is 126 Å². The fourth-order valence-corrected chi connectivity index (χ4v) is 2.09. The largest absolute Gasteiger partial charge is 0.383 e. The van der Waals surface area contributed by atoms with Gasteiger partial charge in [0, 0.05) is 32.7 Å². The maximum Gasteiger partial charge on any atom is 0.135 e. The van der Waals surface area contributed by atoms with Gasteiger partial charge in [0.25, 0.3) is 0 Å². The van der Waals surface area contributed by atoms with Gasteiger partial charge in [-0.25, -0.2) is 9.97 Å². The second-order valence-corrected chi connectivity index (χ2v) is 5.44. The molecule has 1 aromatic heterocycles. The Morgan fingerprint density at radius 2 is 1.90 bits per heavy atom. The highest BCUT2D eigenvalue weighted by atomic mass is 35.5. The molecule has 0 saturated carbocycles. The lowest BCUT2D eigenvalue weighted by Crippen LogP contribution is -2.39. The lowest BCUT2D eigenvalue weighted by molar-refractivity contribution is 0.170. The molecule has 0 radical (unpaired) electrons. The average Bonchev–Trinajstić information content (AvgIpc) is 2.38. The van der Waals surface area contributed by atoms with E-state index in [0.29, 0.717) is 18.4 Å². The highest BCUT2D eigenvalue weighted by molar-refractivity contribution is 6.29. The van der Waals surface area contributed by atoms with Crippen LogP contribution in [0.2, 0.25) is 5.15 Å². The van der Waals surface area contributed by atoms with Crippen LogP contribution in [-0.4, -0.2) is 50.0 Å². The minimum Gasteiger partial charge on any atom is -0.383 e. The Balaban J connectivity index is 3.05. The Morgan fingerprint density at radius 1 is 1.20 bits per heavy atom. The van der Waals surface area contributed by atoms with Crippen LogP contribution in [0.5, 0.6) is 0 Å². The molecule has 114 valence electrons. The van der Waals surface area contributed by atoms with Crippen molar-refractivity contribution in [2.24, 2.45) is 0 Å². The topological polar surface area (TPSA) is 47.5 Å². The number of anilines is 1. The Bertz CT molecular complexity index is 415. The number of nitrogens with zero attached hydrogens (tertiary/aromatic N) is 3. The Kier molecular flexibility index (Phi) is 7.19. The van der Waals surface area contributed by atoms with Gasteiger partial charge in [0.05, 0.1) is 19.3 Å². The number of methoxy groups -OCH3 is 2. The Hall–Kier alpha value is -0.910. The van der Waals surface area contributed by atoms with Crippen molar-refractivity contribution in [3.8, 4) is 0 Å². The van der Waals surface area contributed by atoms with Crippen molar-refractivity contribution in [3.63, 3.8) is 0 Å². The van der Waals surface area contributed by atoms with Crippen LogP contribution in [0.3, 0.4) is 0 Å². The molecule has 0 bridgehead atoms. The summed E-state index contributed by atoms with van der Waals surface area (Å²) in [6.07, 6.45) is 0. The van der Waals surface area contributed by atoms with Crippen molar-refractivity contribution < 1.29 is 9.47 Å². The normalized spacial score (nSPS) is 12.8. The van der Waals surface area contributed by atoms with Crippen molar-refractivity contribution in [1.29, 1.82) is 0 Å². The zero-order valence-corrected chi connectivity index (χ0v) is 13.6. The van der Waals surface area contributed by atoms with Gasteiger partial charge in [-0.2, -0.15) is 0 Å². The van der Waals surface area contributed by atoms with Crippen LogP contribution < -0.4 is 4.90 Å². The molecule has 1 unspecified atom stereocenters. The average molecular weight is 302 g/mol. The molecule has 6 heteroatoms. The van der Waals surface area contributed by atoms with E-state index in [1.165, 1.54) is 0 Å². The monoisotopic (exact) mass is 301 g/mol. The van der Waals surface area contributed by atoms with Gasteiger partial charge in [0.15, 0.2) is 0 Å². The summed E-state index contributed by atoms with van der Waals surface area (Å²) in [5.41, 5.74) is 0. The summed E-state index contributed by atoms with van der Waals surface area (Å²) >= 11 is 6.11. The summed E-state index contributed by atoms with van der Waals surface area (Å²) in [6.45, 7) is 8.15. The van der Waals surface area contributed by atoms with Gasteiger partial charge >= 0.3 is 0 Å². The van der Waals surface area contributed by atoms with Crippen molar-refractivity contribution in [2.45, 2.75) is 32.7 Å². The first-order valence-corrected chi connectivity index (χ1v) is 7.16. The lowest BCUT2D eigenvalue weighted by atomic mass is 10.2. The lowest BCUT2D eigenvalue weighted by Gasteiger charge is -2.30. The highest BCUT2D eigenvalue weighted by Gasteiger charge is 2.18.